The minimum atomic E-state index is -0.267. The van der Waals surface area contributed by atoms with Crippen molar-refractivity contribution >= 4 is 40.4 Å². The Kier molecular flexibility index (Phi) is 5.65. The zero-order chi connectivity index (χ0) is 18.5. The molecule has 26 heavy (non-hydrogen) atoms. The van der Waals surface area contributed by atoms with Crippen LogP contribution in [0.4, 0.5) is 5.69 Å². The Morgan fingerprint density at radius 1 is 1.12 bits per heavy atom. The predicted octanol–water partition coefficient (Wildman–Crippen LogP) is 4.29. The molecule has 0 bridgehead atoms. The molecule has 0 spiro atoms. The molecule has 0 aliphatic heterocycles. The molecular formula is C19H16ClN3O2S. The number of nitrogens with zero attached hydrogens (tertiary/aromatic N) is 1. The van der Waals surface area contributed by atoms with Crippen molar-refractivity contribution in [1.29, 1.82) is 0 Å². The van der Waals surface area contributed by atoms with E-state index >= 15 is 0 Å². The van der Waals surface area contributed by atoms with E-state index in [0.717, 1.165) is 11.4 Å². The first-order valence-corrected chi connectivity index (χ1v) is 9.14. The zero-order valence-corrected chi connectivity index (χ0v) is 15.5. The molecule has 0 aliphatic rings. The molecule has 132 valence electrons. The van der Waals surface area contributed by atoms with Crippen molar-refractivity contribution in [2.75, 3.05) is 5.32 Å². The number of aromatic nitrogens is 1. The van der Waals surface area contributed by atoms with Gasteiger partial charge in [-0.1, -0.05) is 23.7 Å². The Balaban J connectivity index is 1.70. The largest absolute Gasteiger partial charge is 0.346 e. The number of amides is 2. The fourth-order valence-corrected chi connectivity index (χ4v) is 3.11. The van der Waals surface area contributed by atoms with Crippen LogP contribution in [0.25, 0.3) is 0 Å². The molecule has 0 fully saturated rings. The quantitative estimate of drug-likeness (QED) is 0.688. The maximum absolute atomic E-state index is 12.4. The third kappa shape index (κ3) is 4.47. The van der Waals surface area contributed by atoms with E-state index in [2.05, 4.69) is 15.6 Å². The van der Waals surface area contributed by atoms with Crippen LogP contribution < -0.4 is 10.6 Å². The first-order chi connectivity index (χ1) is 12.5. The smallest absolute Gasteiger partial charge is 0.265 e. The monoisotopic (exact) mass is 385 g/mol. The third-order valence-corrected chi connectivity index (χ3v) is 4.80. The molecule has 2 amide bonds. The molecule has 2 N–H and O–H groups in total. The second kappa shape index (κ2) is 8.12. The van der Waals surface area contributed by atoms with Gasteiger partial charge in [-0.2, -0.15) is 0 Å². The highest BCUT2D eigenvalue weighted by molar-refractivity contribution is 7.12. The molecule has 3 rings (SSSR count). The number of carbonyl (C=O) groups excluding carboxylic acids is 2. The number of carbonyl (C=O) groups is 2. The van der Waals surface area contributed by atoms with Crippen LogP contribution >= 0.6 is 22.9 Å². The Labute approximate surface area is 160 Å². The van der Waals surface area contributed by atoms with E-state index in [-0.39, 0.29) is 11.8 Å². The summed E-state index contributed by atoms with van der Waals surface area (Å²) in [5.74, 6) is -0.528. The number of anilines is 1. The van der Waals surface area contributed by atoms with E-state index in [1.165, 1.54) is 11.3 Å². The number of thiophene rings is 1. The topological polar surface area (TPSA) is 71.1 Å². The van der Waals surface area contributed by atoms with Crippen molar-refractivity contribution in [2.24, 2.45) is 0 Å². The minimum absolute atomic E-state index is 0.261. The predicted molar refractivity (Wildman–Crippen MR) is 104 cm³/mol. The summed E-state index contributed by atoms with van der Waals surface area (Å²) in [5, 5.41) is 7.74. The summed E-state index contributed by atoms with van der Waals surface area (Å²) in [7, 11) is 0. The van der Waals surface area contributed by atoms with Crippen LogP contribution in [-0.2, 0) is 6.54 Å². The summed E-state index contributed by atoms with van der Waals surface area (Å²) < 4.78 is 0. The van der Waals surface area contributed by atoms with Crippen LogP contribution in [0, 0.1) is 6.92 Å². The molecule has 0 saturated carbocycles. The van der Waals surface area contributed by atoms with E-state index in [0.29, 0.717) is 27.7 Å². The van der Waals surface area contributed by atoms with E-state index in [1.54, 1.807) is 30.3 Å². The van der Waals surface area contributed by atoms with Gasteiger partial charge in [-0.3, -0.25) is 14.6 Å². The fourth-order valence-electron chi connectivity index (χ4n) is 2.32. The van der Waals surface area contributed by atoms with Gasteiger partial charge in [0.1, 0.15) is 0 Å². The molecule has 1 aromatic carbocycles. The summed E-state index contributed by atoms with van der Waals surface area (Å²) in [6, 6.07) is 13.9. The van der Waals surface area contributed by atoms with Crippen molar-refractivity contribution in [3.63, 3.8) is 0 Å². The Morgan fingerprint density at radius 2 is 1.96 bits per heavy atom. The number of nitrogens with one attached hydrogen (secondary N) is 2. The second-order valence-corrected chi connectivity index (χ2v) is 6.93. The maximum Gasteiger partial charge on any atom is 0.265 e. The Morgan fingerprint density at radius 3 is 2.69 bits per heavy atom. The van der Waals surface area contributed by atoms with Crippen LogP contribution in [0.1, 0.15) is 31.4 Å². The molecule has 0 radical (unpaired) electrons. The summed E-state index contributed by atoms with van der Waals surface area (Å²) in [4.78, 5) is 29.5. The average molecular weight is 386 g/mol. The molecular weight excluding hydrogens is 370 g/mol. The molecule has 2 heterocycles. The Bertz CT molecular complexity index is 942. The van der Waals surface area contributed by atoms with Crippen LogP contribution in [-0.4, -0.2) is 16.8 Å². The van der Waals surface area contributed by atoms with Gasteiger partial charge in [0.25, 0.3) is 11.8 Å². The van der Waals surface area contributed by atoms with Gasteiger partial charge in [0.2, 0.25) is 0 Å². The number of pyridine rings is 1. The summed E-state index contributed by atoms with van der Waals surface area (Å²) in [5.41, 5.74) is 2.47. The lowest BCUT2D eigenvalue weighted by atomic mass is 10.1. The highest BCUT2D eigenvalue weighted by Crippen LogP contribution is 2.24. The Hall–Kier alpha value is -2.70. The van der Waals surface area contributed by atoms with E-state index in [9.17, 15) is 9.59 Å². The lowest BCUT2D eigenvalue weighted by molar-refractivity contribution is 0.0949. The number of rotatable bonds is 5. The first kappa shape index (κ1) is 18.1. The first-order valence-electron chi connectivity index (χ1n) is 7.88. The van der Waals surface area contributed by atoms with Gasteiger partial charge in [0.05, 0.1) is 27.8 Å². The second-order valence-electron chi connectivity index (χ2n) is 5.58. The van der Waals surface area contributed by atoms with Crippen molar-refractivity contribution in [3.05, 3.63) is 80.8 Å². The summed E-state index contributed by atoms with van der Waals surface area (Å²) in [6.45, 7) is 2.22. The molecule has 0 aliphatic carbocycles. The summed E-state index contributed by atoms with van der Waals surface area (Å²) >= 11 is 7.48. The molecule has 7 heteroatoms. The fraction of sp³-hybridized carbons (Fsp3) is 0.105. The molecule has 2 aromatic heterocycles. The summed E-state index contributed by atoms with van der Waals surface area (Å²) in [6.07, 6.45) is 0. The van der Waals surface area contributed by atoms with Crippen molar-refractivity contribution in [2.45, 2.75) is 13.5 Å². The maximum atomic E-state index is 12.4. The van der Waals surface area contributed by atoms with E-state index in [1.807, 2.05) is 30.5 Å². The van der Waals surface area contributed by atoms with E-state index < -0.39 is 0 Å². The number of hydrogen-bond acceptors (Lipinski definition) is 4. The SMILES string of the molecule is Cc1cccc(CNC(=O)c2ccc(Cl)c(NC(=O)c3cccs3)c2)n1. The molecule has 3 aromatic rings. The standard InChI is InChI=1S/C19H16ClN3O2S/c1-12-4-2-5-14(22-12)11-21-18(24)13-7-8-15(20)16(10-13)23-19(25)17-6-3-9-26-17/h2-10H,11H2,1H3,(H,21,24)(H,23,25). The van der Waals surface area contributed by atoms with Crippen molar-refractivity contribution in [1.82, 2.24) is 10.3 Å². The molecule has 0 saturated heterocycles. The minimum Gasteiger partial charge on any atom is -0.346 e. The highest BCUT2D eigenvalue weighted by atomic mass is 35.5. The molecule has 0 unspecified atom stereocenters. The van der Waals surface area contributed by atoms with Crippen molar-refractivity contribution < 1.29 is 9.59 Å². The number of benzene rings is 1. The third-order valence-electron chi connectivity index (χ3n) is 3.60. The van der Waals surface area contributed by atoms with Crippen LogP contribution in [0.15, 0.2) is 53.9 Å². The molecule has 5 nitrogen and oxygen atoms in total. The lowest BCUT2D eigenvalue weighted by Crippen LogP contribution is -2.23. The van der Waals surface area contributed by atoms with Gasteiger partial charge in [0, 0.05) is 11.3 Å². The normalized spacial score (nSPS) is 10.4. The van der Waals surface area contributed by atoms with Gasteiger partial charge in [-0.05, 0) is 48.7 Å². The van der Waals surface area contributed by atoms with Gasteiger partial charge in [0.15, 0.2) is 0 Å². The van der Waals surface area contributed by atoms with E-state index in [4.69, 9.17) is 11.6 Å². The van der Waals surface area contributed by atoms with Crippen LogP contribution in [0.3, 0.4) is 0 Å². The number of halogens is 1. The zero-order valence-electron chi connectivity index (χ0n) is 14.0. The molecule has 0 atom stereocenters. The number of aryl methyl sites for hydroxylation is 1. The van der Waals surface area contributed by atoms with Crippen LogP contribution in [0.2, 0.25) is 5.02 Å². The van der Waals surface area contributed by atoms with Gasteiger partial charge < -0.3 is 10.6 Å². The lowest BCUT2D eigenvalue weighted by Gasteiger charge is -2.10. The van der Waals surface area contributed by atoms with Gasteiger partial charge >= 0.3 is 0 Å². The van der Waals surface area contributed by atoms with Crippen molar-refractivity contribution in [3.8, 4) is 0 Å². The average Bonchev–Trinajstić information content (AvgIpc) is 3.16. The highest BCUT2D eigenvalue weighted by Gasteiger charge is 2.13. The van der Waals surface area contributed by atoms with Gasteiger partial charge in [-0.15, -0.1) is 11.3 Å². The van der Waals surface area contributed by atoms with Gasteiger partial charge in [-0.25, -0.2) is 0 Å². The number of hydrogen-bond donors (Lipinski definition) is 2. The van der Waals surface area contributed by atoms with Crippen LogP contribution in [0.5, 0.6) is 0 Å².